The highest BCUT2D eigenvalue weighted by atomic mass is 16.5. The van der Waals surface area contributed by atoms with E-state index < -0.39 is 5.54 Å². The summed E-state index contributed by atoms with van der Waals surface area (Å²) in [7, 11) is 1.68. The van der Waals surface area contributed by atoms with Crippen LogP contribution in [0.4, 0.5) is 0 Å². The van der Waals surface area contributed by atoms with Gasteiger partial charge in [-0.1, -0.05) is 26.7 Å². The number of hydrogen-bond donors (Lipinski definition) is 1. The number of methoxy groups -OCH3 is 1. The van der Waals surface area contributed by atoms with Crippen LogP contribution in [0.5, 0.6) is 0 Å². The number of carbonyl (C=O) groups excluding carboxylic acids is 1. The fraction of sp³-hybridized carbons (Fsp3) is 0.938. The fourth-order valence-corrected chi connectivity index (χ4v) is 3.34. The Morgan fingerprint density at radius 1 is 1.45 bits per heavy atom. The summed E-state index contributed by atoms with van der Waals surface area (Å²) >= 11 is 0. The molecule has 0 spiro atoms. The molecule has 0 heterocycles. The van der Waals surface area contributed by atoms with Crippen LogP contribution in [0.1, 0.15) is 52.9 Å². The minimum atomic E-state index is -0.494. The lowest BCUT2D eigenvalue weighted by Crippen LogP contribution is -2.56. The van der Waals surface area contributed by atoms with Gasteiger partial charge in [-0.05, 0) is 38.0 Å². The van der Waals surface area contributed by atoms with Crippen LogP contribution in [0.2, 0.25) is 0 Å². The lowest BCUT2D eigenvalue weighted by atomic mass is 9.73. The quantitative estimate of drug-likeness (QED) is 0.550. The van der Waals surface area contributed by atoms with Gasteiger partial charge in [0.15, 0.2) is 0 Å². The highest BCUT2D eigenvalue weighted by molar-refractivity contribution is 5.81. The van der Waals surface area contributed by atoms with Crippen LogP contribution in [0.3, 0.4) is 0 Å². The zero-order chi connectivity index (χ0) is 15.0. The lowest BCUT2D eigenvalue weighted by Gasteiger charge is -2.40. The largest absolute Gasteiger partial charge is 0.465 e. The second-order valence-corrected chi connectivity index (χ2v) is 6.31. The van der Waals surface area contributed by atoms with Gasteiger partial charge in [0.05, 0.1) is 13.2 Å². The van der Waals surface area contributed by atoms with Crippen LogP contribution in [-0.2, 0) is 14.3 Å². The van der Waals surface area contributed by atoms with Gasteiger partial charge in [-0.3, -0.25) is 10.1 Å². The summed E-state index contributed by atoms with van der Waals surface area (Å²) in [5, 5.41) is 3.42. The smallest absolute Gasteiger partial charge is 0.326 e. The van der Waals surface area contributed by atoms with E-state index in [0.717, 1.165) is 19.3 Å². The predicted octanol–water partition coefficient (Wildman–Crippen LogP) is 2.76. The number of ether oxygens (including phenoxy) is 2. The fourth-order valence-electron chi connectivity index (χ4n) is 3.34. The normalized spacial score (nSPS) is 26.8. The first-order valence-corrected chi connectivity index (χ1v) is 7.95. The maximum Gasteiger partial charge on any atom is 0.326 e. The molecular weight excluding hydrogens is 254 g/mol. The second kappa shape index (κ2) is 8.63. The predicted molar refractivity (Wildman–Crippen MR) is 80.7 cm³/mol. The van der Waals surface area contributed by atoms with Crippen molar-refractivity contribution in [2.75, 3.05) is 26.9 Å². The summed E-state index contributed by atoms with van der Waals surface area (Å²) in [5.74, 6) is 1.21. The molecule has 4 heteroatoms. The van der Waals surface area contributed by atoms with Crippen molar-refractivity contribution < 1.29 is 14.3 Å². The molecule has 118 valence electrons. The van der Waals surface area contributed by atoms with Crippen molar-refractivity contribution in [3.05, 3.63) is 0 Å². The molecule has 0 amide bonds. The van der Waals surface area contributed by atoms with Gasteiger partial charge in [-0.25, -0.2) is 0 Å². The van der Waals surface area contributed by atoms with Crippen LogP contribution < -0.4 is 5.32 Å². The lowest BCUT2D eigenvalue weighted by molar-refractivity contribution is -0.153. The number of esters is 1. The summed E-state index contributed by atoms with van der Waals surface area (Å²) < 4.78 is 10.4. The first-order valence-electron chi connectivity index (χ1n) is 7.95. The van der Waals surface area contributed by atoms with E-state index in [4.69, 9.17) is 9.47 Å². The summed E-state index contributed by atoms with van der Waals surface area (Å²) in [6.45, 7) is 8.13. The molecule has 20 heavy (non-hydrogen) atoms. The maximum absolute atomic E-state index is 12.4. The van der Waals surface area contributed by atoms with E-state index in [9.17, 15) is 4.79 Å². The Morgan fingerprint density at radius 3 is 2.80 bits per heavy atom. The van der Waals surface area contributed by atoms with Crippen molar-refractivity contribution in [3.8, 4) is 0 Å². The van der Waals surface area contributed by atoms with Crippen molar-refractivity contribution in [2.24, 2.45) is 11.8 Å². The molecule has 0 aromatic rings. The average molecular weight is 285 g/mol. The van der Waals surface area contributed by atoms with E-state index >= 15 is 0 Å². The van der Waals surface area contributed by atoms with Crippen molar-refractivity contribution in [2.45, 2.75) is 58.4 Å². The van der Waals surface area contributed by atoms with Gasteiger partial charge in [0.2, 0.25) is 0 Å². The Morgan fingerprint density at radius 2 is 2.20 bits per heavy atom. The molecule has 1 fully saturated rings. The molecule has 0 saturated heterocycles. The van der Waals surface area contributed by atoms with E-state index in [2.05, 4.69) is 19.2 Å². The summed E-state index contributed by atoms with van der Waals surface area (Å²) in [6.07, 6.45) is 5.28. The molecule has 1 rings (SSSR count). The zero-order valence-electron chi connectivity index (χ0n) is 13.5. The zero-order valence-corrected chi connectivity index (χ0v) is 13.5. The highest BCUT2D eigenvalue weighted by Gasteiger charge is 2.43. The van der Waals surface area contributed by atoms with Gasteiger partial charge in [0.25, 0.3) is 0 Å². The molecule has 2 unspecified atom stereocenters. The third-order valence-electron chi connectivity index (χ3n) is 4.09. The molecule has 0 radical (unpaired) electrons. The Bertz CT molecular complexity index is 293. The summed E-state index contributed by atoms with van der Waals surface area (Å²) in [6, 6.07) is 0. The number of rotatable bonds is 8. The molecule has 1 aliphatic rings. The molecule has 0 aromatic heterocycles. The van der Waals surface area contributed by atoms with Gasteiger partial charge in [-0.15, -0.1) is 0 Å². The van der Waals surface area contributed by atoms with Crippen molar-refractivity contribution in [3.63, 3.8) is 0 Å². The van der Waals surface area contributed by atoms with E-state index in [-0.39, 0.29) is 5.97 Å². The Balaban J connectivity index is 2.72. The van der Waals surface area contributed by atoms with Crippen LogP contribution in [-0.4, -0.2) is 38.4 Å². The van der Waals surface area contributed by atoms with E-state index in [1.54, 1.807) is 7.11 Å². The van der Waals surface area contributed by atoms with Gasteiger partial charge < -0.3 is 9.47 Å². The van der Waals surface area contributed by atoms with Crippen LogP contribution >= 0.6 is 0 Å². The Labute approximate surface area is 123 Å². The van der Waals surface area contributed by atoms with Gasteiger partial charge in [0.1, 0.15) is 5.54 Å². The first kappa shape index (κ1) is 17.4. The van der Waals surface area contributed by atoms with Gasteiger partial charge in [0, 0.05) is 13.7 Å². The SMILES string of the molecule is CCOC(=O)C1(NCCOC)CCCC(CC(C)C)C1. The standard InChI is InChI=1S/C16H31NO3/c1-5-20-15(18)16(17-9-10-19-4)8-6-7-14(12-16)11-13(2)3/h13-14,17H,5-12H2,1-4H3. The second-order valence-electron chi connectivity index (χ2n) is 6.31. The van der Waals surface area contributed by atoms with Crippen molar-refractivity contribution in [1.82, 2.24) is 5.32 Å². The third-order valence-corrected chi connectivity index (χ3v) is 4.09. The molecule has 1 aliphatic carbocycles. The van der Waals surface area contributed by atoms with Gasteiger partial charge >= 0.3 is 5.97 Å². The molecule has 0 aromatic carbocycles. The Kier molecular flexibility index (Phi) is 7.52. The first-order chi connectivity index (χ1) is 9.54. The third kappa shape index (κ3) is 5.06. The Hall–Kier alpha value is -0.610. The van der Waals surface area contributed by atoms with Crippen molar-refractivity contribution in [1.29, 1.82) is 0 Å². The van der Waals surface area contributed by atoms with Gasteiger partial charge in [-0.2, -0.15) is 0 Å². The summed E-state index contributed by atoms with van der Waals surface area (Å²) in [5.41, 5.74) is -0.494. The molecule has 0 bridgehead atoms. The molecule has 1 saturated carbocycles. The topological polar surface area (TPSA) is 47.6 Å². The average Bonchev–Trinajstić information content (AvgIpc) is 2.39. The summed E-state index contributed by atoms with van der Waals surface area (Å²) in [4.78, 5) is 12.4. The molecule has 2 atom stereocenters. The minimum absolute atomic E-state index is 0.0791. The van der Waals surface area contributed by atoms with E-state index in [1.807, 2.05) is 6.92 Å². The van der Waals surface area contributed by atoms with E-state index in [0.29, 0.717) is 31.6 Å². The number of hydrogen-bond acceptors (Lipinski definition) is 4. The number of nitrogens with one attached hydrogen (secondary N) is 1. The number of carbonyl (C=O) groups is 1. The van der Waals surface area contributed by atoms with Crippen LogP contribution in [0.15, 0.2) is 0 Å². The van der Waals surface area contributed by atoms with Crippen molar-refractivity contribution >= 4 is 5.97 Å². The molecule has 4 nitrogen and oxygen atoms in total. The van der Waals surface area contributed by atoms with Crippen LogP contribution in [0.25, 0.3) is 0 Å². The molecule has 0 aliphatic heterocycles. The molecule has 1 N–H and O–H groups in total. The monoisotopic (exact) mass is 285 g/mol. The maximum atomic E-state index is 12.4. The van der Waals surface area contributed by atoms with E-state index in [1.165, 1.54) is 12.8 Å². The van der Waals surface area contributed by atoms with Crippen LogP contribution in [0, 0.1) is 11.8 Å². The molecular formula is C16H31NO3. The highest BCUT2D eigenvalue weighted by Crippen LogP contribution is 2.36. The minimum Gasteiger partial charge on any atom is -0.465 e.